The number of aryl methyl sites for hydroxylation is 2. The van der Waals surface area contributed by atoms with E-state index >= 15 is 0 Å². The quantitative estimate of drug-likeness (QED) is 0.547. The Morgan fingerprint density at radius 3 is 2.78 bits per heavy atom. The number of nitrogens with one attached hydrogen (secondary N) is 1. The summed E-state index contributed by atoms with van der Waals surface area (Å²) in [6.07, 6.45) is 1.50. The maximum atomic E-state index is 12.5. The minimum atomic E-state index is -0.590. The summed E-state index contributed by atoms with van der Waals surface area (Å²) < 4.78 is 6.23. The Morgan fingerprint density at radius 1 is 1.33 bits per heavy atom. The van der Waals surface area contributed by atoms with E-state index in [0.29, 0.717) is 16.6 Å². The highest BCUT2D eigenvalue weighted by Crippen LogP contribution is 2.27. The normalized spacial score (nSPS) is 12.0. The molecule has 0 amide bonds. The van der Waals surface area contributed by atoms with Gasteiger partial charge in [-0.2, -0.15) is 0 Å². The number of anilines is 1. The van der Waals surface area contributed by atoms with Crippen molar-refractivity contribution < 1.29 is 9.53 Å². The van der Waals surface area contributed by atoms with Gasteiger partial charge in [-0.3, -0.25) is 4.79 Å². The lowest BCUT2D eigenvalue weighted by atomic mass is 10.0. The number of aromatic nitrogens is 3. The zero-order valence-corrected chi connectivity index (χ0v) is 16.2. The SMILES string of the molecule is COC(=O)c1nc(Cl)ccc1NC(C)c1cc(C)cc2c(=O)n(C)cnc12. The van der Waals surface area contributed by atoms with Gasteiger partial charge in [0.2, 0.25) is 0 Å². The number of fused-ring (bicyclic) bond motifs is 1. The van der Waals surface area contributed by atoms with Gasteiger partial charge in [-0.15, -0.1) is 0 Å². The minimum Gasteiger partial charge on any atom is -0.464 e. The molecule has 140 valence electrons. The maximum Gasteiger partial charge on any atom is 0.358 e. The van der Waals surface area contributed by atoms with Crippen LogP contribution >= 0.6 is 11.6 Å². The van der Waals surface area contributed by atoms with Crippen LogP contribution in [0.2, 0.25) is 5.15 Å². The molecule has 0 aliphatic carbocycles. The van der Waals surface area contributed by atoms with Gasteiger partial charge in [0.05, 0.1) is 36.1 Å². The highest BCUT2D eigenvalue weighted by atomic mass is 35.5. The molecule has 0 radical (unpaired) electrons. The number of hydrogen-bond acceptors (Lipinski definition) is 6. The van der Waals surface area contributed by atoms with Crippen LogP contribution in [0.25, 0.3) is 10.9 Å². The molecule has 0 bridgehead atoms. The van der Waals surface area contributed by atoms with E-state index in [1.165, 1.54) is 18.0 Å². The molecule has 0 saturated heterocycles. The smallest absolute Gasteiger partial charge is 0.358 e. The average Bonchev–Trinajstić information content (AvgIpc) is 2.65. The minimum absolute atomic E-state index is 0.0951. The van der Waals surface area contributed by atoms with Gasteiger partial charge in [-0.1, -0.05) is 17.7 Å². The molecule has 1 N–H and O–H groups in total. The number of pyridine rings is 1. The molecule has 0 fully saturated rings. The zero-order chi connectivity index (χ0) is 19.7. The Hall–Kier alpha value is -2.93. The predicted molar refractivity (Wildman–Crippen MR) is 104 cm³/mol. The first kappa shape index (κ1) is 18.8. The zero-order valence-electron chi connectivity index (χ0n) is 15.4. The maximum absolute atomic E-state index is 12.5. The van der Waals surface area contributed by atoms with Crippen LogP contribution in [0.15, 0.2) is 35.4 Å². The Kier molecular flexibility index (Phi) is 5.14. The van der Waals surface area contributed by atoms with Crippen LogP contribution < -0.4 is 10.9 Å². The van der Waals surface area contributed by atoms with E-state index < -0.39 is 5.97 Å². The fraction of sp³-hybridized carbons (Fsp3) is 0.263. The number of methoxy groups -OCH3 is 1. The third-order valence-corrected chi connectivity index (χ3v) is 4.48. The van der Waals surface area contributed by atoms with Gasteiger partial charge in [-0.25, -0.2) is 14.8 Å². The first-order valence-corrected chi connectivity index (χ1v) is 8.67. The Labute approximate surface area is 161 Å². The number of carbonyl (C=O) groups is 1. The Bertz CT molecular complexity index is 1090. The van der Waals surface area contributed by atoms with Gasteiger partial charge < -0.3 is 14.6 Å². The van der Waals surface area contributed by atoms with E-state index in [0.717, 1.165) is 11.1 Å². The van der Waals surface area contributed by atoms with Gasteiger partial charge in [0.25, 0.3) is 5.56 Å². The molecule has 27 heavy (non-hydrogen) atoms. The van der Waals surface area contributed by atoms with E-state index in [1.807, 2.05) is 26.0 Å². The largest absolute Gasteiger partial charge is 0.464 e. The molecule has 0 saturated carbocycles. The van der Waals surface area contributed by atoms with E-state index in [-0.39, 0.29) is 22.4 Å². The average molecular weight is 387 g/mol. The molecule has 0 spiro atoms. The van der Waals surface area contributed by atoms with Crippen molar-refractivity contribution in [2.45, 2.75) is 19.9 Å². The molecule has 0 aliphatic heterocycles. The van der Waals surface area contributed by atoms with Gasteiger partial charge in [-0.05, 0) is 37.6 Å². The molecule has 1 aromatic carbocycles. The van der Waals surface area contributed by atoms with Crippen molar-refractivity contribution in [2.24, 2.45) is 7.05 Å². The summed E-state index contributed by atoms with van der Waals surface area (Å²) in [5.41, 5.74) is 2.87. The number of hydrogen-bond donors (Lipinski definition) is 1. The fourth-order valence-electron chi connectivity index (χ4n) is 2.95. The van der Waals surface area contributed by atoms with Crippen molar-refractivity contribution in [1.82, 2.24) is 14.5 Å². The van der Waals surface area contributed by atoms with Crippen LogP contribution in [-0.2, 0) is 11.8 Å². The number of halogens is 1. The molecule has 1 atom stereocenters. The summed E-state index contributed by atoms with van der Waals surface area (Å²) in [6, 6.07) is 6.80. The van der Waals surface area contributed by atoms with Crippen LogP contribution in [0.3, 0.4) is 0 Å². The Morgan fingerprint density at radius 2 is 2.07 bits per heavy atom. The van der Waals surface area contributed by atoms with Gasteiger partial charge in [0, 0.05) is 12.6 Å². The van der Waals surface area contributed by atoms with Gasteiger partial charge in [0.15, 0.2) is 5.69 Å². The monoisotopic (exact) mass is 386 g/mol. The lowest BCUT2D eigenvalue weighted by Gasteiger charge is -2.19. The number of rotatable bonds is 4. The van der Waals surface area contributed by atoms with E-state index in [2.05, 4.69) is 15.3 Å². The van der Waals surface area contributed by atoms with Crippen molar-refractivity contribution in [3.8, 4) is 0 Å². The summed E-state index contributed by atoms with van der Waals surface area (Å²) in [6.45, 7) is 3.84. The van der Waals surface area contributed by atoms with Crippen molar-refractivity contribution >= 4 is 34.2 Å². The van der Waals surface area contributed by atoms with Crippen LogP contribution in [-0.4, -0.2) is 27.6 Å². The number of nitrogens with zero attached hydrogens (tertiary/aromatic N) is 3. The molecule has 7 nitrogen and oxygen atoms in total. The number of esters is 1. The lowest BCUT2D eigenvalue weighted by Crippen LogP contribution is -2.19. The summed E-state index contributed by atoms with van der Waals surface area (Å²) >= 11 is 5.91. The van der Waals surface area contributed by atoms with Crippen molar-refractivity contribution in [2.75, 3.05) is 12.4 Å². The number of ether oxygens (including phenoxy) is 1. The molecule has 3 aromatic rings. The van der Waals surface area contributed by atoms with Crippen LogP contribution in [0.1, 0.15) is 34.6 Å². The molecule has 8 heteroatoms. The fourth-order valence-corrected chi connectivity index (χ4v) is 3.09. The van der Waals surface area contributed by atoms with Gasteiger partial charge >= 0.3 is 5.97 Å². The second-order valence-electron chi connectivity index (χ2n) is 6.30. The van der Waals surface area contributed by atoms with Crippen molar-refractivity contribution in [3.63, 3.8) is 0 Å². The molecule has 1 unspecified atom stereocenters. The molecule has 0 aliphatic rings. The first-order chi connectivity index (χ1) is 12.8. The molecular formula is C19H19ClN4O3. The van der Waals surface area contributed by atoms with Crippen LogP contribution in [0.5, 0.6) is 0 Å². The molecule has 2 aromatic heterocycles. The summed E-state index contributed by atoms with van der Waals surface area (Å²) in [5, 5.41) is 3.99. The molecule has 3 rings (SSSR count). The summed E-state index contributed by atoms with van der Waals surface area (Å²) in [5.74, 6) is -0.590. The predicted octanol–water partition coefficient (Wildman–Crippen LogP) is 3.25. The second kappa shape index (κ2) is 7.36. The van der Waals surface area contributed by atoms with Crippen molar-refractivity contribution in [1.29, 1.82) is 0 Å². The number of carbonyl (C=O) groups excluding carboxylic acids is 1. The highest BCUT2D eigenvalue weighted by molar-refractivity contribution is 6.29. The summed E-state index contributed by atoms with van der Waals surface area (Å²) in [4.78, 5) is 32.9. The molecular weight excluding hydrogens is 368 g/mol. The van der Waals surface area contributed by atoms with Crippen LogP contribution in [0.4, 0.5) is 5.69 Å². The summed E-state index contributed by atoms with van der Waals surface area (Å²) in [7, 11) is 2.95. The van der Waals surface area contributed by atoms with Crippen LogP contribution in [0, 0.1) is 6.92 Å². The lowest BCUT2D eigenvalue weighted by molar-refractivity contribution is 0.0595. The van der Waals surface area contributed by atoms with Gasteiger partial charge in [0.1, 0.15) is 5.15 Å². The topological polar surface area (TPSA) is 86.1 Å². The second-order valence-corrected chi connectivity index (χ2v) is 6.69. The van der Waals surface area contributed by atoms with Crippen molar-refractivity contribution in [3.05, 3.63) is 62.9 Å². The molecule has 2 heterocycles. The number of benzene rings is 1. The Balaban J connectivity index is 2.08. The third-order valence-electron chi connectivity index (χ3n) is 4.27. The van der Waals surface area contributed by atoms with E-state index in [9.17, 15) is 9.59 Å². The van der Waals surface area contributed by atoms with E-state index in [1.54, 1.807) is 19.2 Å². The highest BCUT2D eigenvalue weighted by Gasteiger charge is 2.19. The third kappa shape index (κ3) is 3.64. The standard InChI is InChI=1S/C19H19ClN4O3/c1-10-7-12(16-13(8-10)18(25)24(3)9-21-16)11(2)22-14-5-6-15(20)23-17(14)19(26)27-4/h5-9,11,22H,1-4H3. The first-order valence-electron chi connectivity index (χ1n) is 8.29. The van der Waals surface area contributed by atoms with E-state index in [4.69, 9.17) is 16.3 Å².